The lowest BCUT2D eigenvalue weighted by atomic mass is 10.2. The molecule has 1 heterocycles. The number of carbonyl (C=O) groups is 1. The summed E-state index contributed by atoms with van der Waals surface area (Å²) in [6.07, 6.45) is 2.70. The second-order valence-electron chi connectivity index (χ2n) is 4.79. The molecule has 2 N–H and O–H groups in total. The molecular weight excluding hydrogens is 236 g/mol. The van der Waals surface area contributed by atoms with Gasteiger partial charge in [0.05, 0.1) is 0 Å². The molecule has 0 atom stereocenters. The third-order valence-corrected chi connectivity index (χ3v) is 3.12. The second-order valence-corrected chi connectivity index (χ2v) is 5.17. The van der Waals surface area contributed by atoms with Gasteiger partial charge >= 0.3 is 0 Å². The highest BCUT2D eigenvalue weighted by atomic mass is 32.1. The summed E-state index contributed by atoms with van der Waals surface area (Å²) in [5.41, 5.74) is 0. The van der Waals surface area contributed by atoms with Gasteiger partial charge in [-0.1, -0.05) is 13.8 Å². The van der Waals surface area contributed by atoms with Gasteiger partial charge < -0.3 is 9.88 Å². The Bertz CT molecular complexity index is 458. The van der Waals surface area contributed by atoms with Crippen molar-refractivity contribution in [1.82, 2.24) is 20.1 Å². The van der Waals surface area contributed by atoms with E-state index >= 15 is 0 Å². The number of rotatable bonds is 5. The van der Waals surface area contributed by atoms with Crippen molar-refractivity contribution in [3.63, 3.8) is 0 Å². The minimum absolute atomic E-state index is 0.102. The second kappa shape index (κ2) is 5.00. The van der Waals surface area contributed by atoms with E-state index in [0.29, 0.717) is 29.7 Å². The van der Waals surface area contributed by atoms with Gasteiger partial charge in [-0.05, 0) is 25.1 Å². The van der Waals surface area contributed by atoms with Gasteiger partial charge in [0.2, 0.25) is 5.91 Å². The first-order chi connectivity index (χ1) is 8.08. The fraction of sp³-hybridized carbons (Fsp3) is 0.727. The van der Waals surface area contributed by atoms with Gasteiger partial charge in [-0.3, -0.25) is 9.89 Å². The molecule has 6 heteroatoms. The number of aromatic amines is 1. The molecule has 94 valence electrons. The number of hydrogen-bond acceptors (Lipinski definition) is 3. The standard InChI is InChI=1S/C11H18N4OS/c1-7(2)10-13-14-11(17)15(10)6-5-9(16)12-8-3-4-8/h7-8H,3-6H2,1-2H3,(H,12,16)(H,14,17). The van der Waals surface area contributed by atoms with E-state index in [2.05, 4.69) is 29.4 Å². The van der Waals surface area contributed by atoms with Crippen molar-refractivity contribution >= 4 is 18.1 Å². The molecule has 0 aliphatic heterocycles. The van der Waals surface area contributed by atoms with Crippen LogP contribution in [0.5, 0.6) is 0 Å². The van der Waals surface area contributed by atoms with Crippen LogP contribution in [0.25, 0.3) is 0 Å². The van der Waals surface area contributed by atoms with Gasteiger partial charge in [-0.15, -0.1) is 0 Å². The zero-order valence-electron chi connectivity index (χ0n) is 10.2. The largest absolute Gasteiger partial charge is 0.353 e. The minimum Gasteiger partial charge on any atom is -0.353 e. The molecular formula is C11H18N4OS. The van der Waals surface area contributed by atoms with E-state index < -0.39 is 0 Å². The Morgan fingerprint density at radius 1 is 1.65 bits per heavy atom. The molecule has 1 aliphatic carbocycles. The Balaban J connectivity index is 1.95. The van der Waals surface area contributed by atoms with Gasteiger partial charge in [0.15, 0.2) is 4.77 Å². The van der Waals surface area contributed by atoms with E-state index in [0.717, 1.165) is 18.7 Å². The molecule has 5 nitrogen and oxygen atoms in total. The first kappa shape index (κ1) is 12.3. The molecule has 1 aromatic rings. The zero-order chi connectivity index (χ0) is 12.4. The van der Waals surface area contributed by atoms with Crippen molar-refractivity contribution in [1.29, 1.82) is 0 Å². The van der Waals surface area contributed by atoms with Gasteiger partial charge in [0.25, 0.3) is 0 Å². The summed E-state index contributed by atoms with van der Waals surface area (Å²) in [5, 5.41) is 9.93. The number of nitrogens with zero attached hydrogens (tertiary/aromatic N) is 2. The SMILES string of the molecule is CC(C)c1n[nH]c(=S)n1CCC(=O)NC1CC1. The maximum atomic E-state index is 11.6. The van der Waals surface area contributed by atoms with E-state index in [-0.39, 0.29) is 5.91 Å². The third kappa shape index (κ3) is 3.15. The van der Waals surface area contributed by atoms with Crippen LogP contribution in [0, 0.1) is 4.77 Å². The molecule has 0 bridgehead atoms. The predicted octanol–water partition coefficient (Wildman–Crippen LogP) is 1.73. The van der Waals surface area contributed by atoms with Crippen LogP contribution >= 0.6 is 12.2 Å². The highest BCUT2D eigenvalue weighted by molar-refractivity contribution is 7.71. The molecule has 2 rings (SSSR count). The van der Waals surface area contributed by atoms with Crippen LogP contribution < -0.4 is 5.32 Å². The van der Waals surface area contributed by atoms with Crippen LogP contribution in [0.1, 0.15) is 44.9 Å². The maximum absolute atomic E-state index is 11.6. The van der Waals surface area contributed by atoms with E-state index in [1.165, 1.54) is 0 Å². The first-order valence-electron chi connectivity index (χ1n) is 6.02. The van der Waals surface area contributed by atoms with Gasteiger partial charge in [-0.2, -0.15) is 5.10 Å². The molecule has 1 saturated carbocycles. The molecule has 0 spiro atoms. The highest BCUT2D eigenvalue weighted by Gasteiger charge is 2.23. The van der Waals surface area contributed by atoms with E-state index in [1.807, 2.05) is 4.57 Å². The monoisotopic (exact) mass is 254 g/mol. The molecule has 1 aliphatic rings. The lowest BCUT2D eigenvalue weighted by molar-refractivity contribution is -0.121. The molecule has 1 aromatic heterocycles. The van der Waals surface area contributed by atoms with Crippen molar-refractivity contribution in [2.24, 2.45) is 0 Å². The molecule has 0 saturated heterocycles. The number of hydrogen-bond donors (Lipinski definition) is 2. The summed E-state index contributed by atoms with van der Waals surface area (Å²) in [4.78, 5) is 11.6. The Hall–Kier alpha value is -1.17. The summed E-state index contributed by atoms with van der Waals surface area (Å²) in [6.45, 7) is 4.72. The zero-order valence-corrected chi connectivity index (χ0v) is 11.0. The summed E-state index contributed by atoms with van der Waals surface area (Å²) in [6, 6.07) is 0.421. The smallest absolute Gasteiger partial charge is 0.222 e. The van der Waals surface area contributed by atoms with E-state index in [1.54, 1.807) is 0 Å². The lowest BCUT2D eigenvalue weighted by Gasteiger charge is -2.09. The number of amides is 1. The molecule has 0 radical (unpaired) electrons. The molecule has 1 fully saturated rings. The lowest BCUT2D eigenvalue weighted by Crippen LogP contribution is -2.26. The van der Waals surface area contributed by atoms with Crippen molar-refractivity contribution in [3.05, 3.63) is 10.6 Å². The van der Waals surface area contributed by atoms with Crippen molar-refractivity contribution in [2.45, 2.75) is 51.6 Å². The Morgan fingerprint density at radius 2 is 2.35 bits per heavy atom. The topological polar surface area (TPSA) is 62.7 Å². The summed E-state index contributed by atoms with van der Waals surface area (Å²) < 4.78 is 2.50. The van der Waals surface area contributed by atoms with Crippen LogP contribution in [-0.2, 0) is 11.3 Å². The van der Waals surface area contributed by atoms with Crippen molar-refractivity contribution in [3.8, 4) is 0 Å². The molecule has 0 unspecified atom stereocenters. The summed E-state index contributed by atoms with van der Waals surface area (Å²) in [7, 11) is 0. The Morgan fingerprint density at radius 3 is 2.94 bits per heavy atom. The van der Waals surface area contributed by atoms with Crippen LogP contribution in [0.3, 0.4) is 0 Å². The Labute approximate surface area is 106 Å². The van der Waals surface area contributed by atoms with Crippen molar-refractivity contribution in [2.75, 3.05) is 0 Å². The van der Waals surface area contributed by atoms with Gasteiger partial charge in [0.1, 0.15) is 5.82 Å². The molecule has 1 amide bonds. The minimum atomic E-state index is 0.102. The average molecular weight is 254 g/mol. The highest BCUT2D eigenvalue weighted by Crippen LogP contribution is 2.18. The van der Waals surface area contributed by atoms with E-state index in [9.17, 15) is 4.79 Å². The predicted molar refractivity (Wildman–Crippen MR) is 67.3 cm³/mol. The van der Waals surface area contributed by atoms with Crippen LogP contribution in [-0.4, -0.2) is 26.7 Å². The van der Waals surface area contributed by atoms with Crippen molar-refractivity contribution < 1.29 is 4.79 Å². The van der Waals surface area contributed by atoms with Crippen LogP contribution in [0.2, 0.25) is 0 Å². The van der Waals surface area contributed by atoms with Gasteiger partial charge in [0, 0.05) is 24.9 Å². The molecule has 17 heavy (non-hydrogen) atoms. The number of carbonyl (C=O) groups excluding carboxylic acids is 1. The number of nitrogens with one attached hydrogen (secondary N) is 2. The summed E-state index contributed by atoms with van der Waals surface area (Å²) in [5.74, 6) is 1.31. The van der Waals surface area contributed by atoms with E-state index in [4.69, 9.17) is 12.2 Å². The fourth-order valence-electron chi connectivity index (χ4n) is 1.73. The number of aromatic nitrogens is 3. The summed E-state index contributed by atoms with van der Waals surface area (Å²) >= 11 is 5.16. The molecule has 0 aromatic carbocycles. The Kier molecular flexibility index (Phi) is 3.61. The average Bonchev–Trinajstić information content (AvgIpc) is 2.98. The number of H-pyrrole nitrogens is 1. The van der Waals surface area contributed by atoms with Crippen LogP contribution in [0.4, 0.5) is 0 Å². The quantitative estimate of drug-likeness (QED) is 0.787. The van der Waals surface area contributed by atoms with Gasteiger partial charge in [-0.25, -0.2) is 0 Å². The fourth-order valence-corrected chi connectivity index (χ4v) is 1.96. The van der Waals surface area contributed by atoms with Crippen LogP contribution in [0.15, 0.2) is 0 Å². The first-order valence-corrected chi connectivity index (χ1v) is 6.43. The maximum Gasteiger partial charge on any atom is 0.222 e. The third-order valence-electron chi connectivity index (χ3n) is 2.81. The normalized spacial score (nSPS) is 15.2.